The van der Waals surface area contributed by atoms with Crippen LogP contribution >= 0.6 is 0 Å². The molecule has 82 valence electrons. The van der Waals surface area contributed by atoms with E-state index in [1.54, 1.807) is 6.92 Å². The van der Waals surface area contributed by atoms with Crippen LogP contribution in [-0.4, -0.2) is 11.7 Å². The highest BCUT2D eigenvalue weighted by atomic mass is 16.5. The van der Waals surface area contributed by atoms with Crippen molar-refractivity contribution in [2.24, 2.45) is 5.92 Å². The largest absolute Gasteiger partial charge is 0.493 e. The lowest BCUT2D eigenvalue weighted by Crippen LogP contribution is -2.02. The van der Waals surface area contributed by atoms with E-state index < -0.39 is 6.10 Å². The third kappa shape index (κ3) is 2.96. The van der Waals surface area contributed by atoms with Crippen molar-refractivity contribution in [3.63, 3.8) is 0 Å². The van der Waals surface area contributed by atoms with Crippen molar-refractivity contribution in [2.45, 2.75) is 32.3 Å². The third-order valence-corrected chi connectivity index (χ3v) is 2.85. The summed E-state index contributed by atoms with van der Waals surface area (Å²) in [6.45, 7) is 2.54. The highest BCUT2D eigenvalue weighted by molar-refractivity contribution is 5.34. The Morgan fingerprint density at radius 2 is 2.13 bits per heavy atom. The summed E-state index contributed by atoms with van der Waals surface area (Å²) in [6, 6.07) is 7.71. The van der Waals surface area contributed by atoms with E-state index in [0.29, 0.717) is 0 Å². The highest BCUT2D eigenvalue weighted by Crippen LogP contribution is 2.32. The zero-order chi connectivity index (χ0) is 10.7. The number of ether oxygens (including phenoxy) is 1. The van der Waals surface area contributed by atoms with Crippen LogP contribution in [0.25, 0.3) is 0 Å². The molecule has 0 radical (unpaired) electrons. The normalized spacial score (nSPS) is 17.5. The molecule has 0 aliphatic heterocycles. The SMILES string of the molecule is C[C@H](O)c1ccccc1OCCC1CC1. The number of aliphatic hydroxyl groups excluding tert-OH is 1. The number of para-hydroxylation sites is 1. The number of aliphatic hydroxyl groups is 1. The molecule has 0 saturated heterocycles. The smallest absolute Gasteiger partial charge is 0.125 e. The molecule has 1 aromatic carbocycles. The van der Waals surface area contributed by atoms with Crippen LogP contribution in [0.3, 0.4) is 0 Å². The van der Waals surface area contributed by atoms with Crippen LogP contribution in [0, 0.1) is 5.92 Å². The molecule has 1 atom stereocenters. The lowest BCUT2D eigenvalue weighted by Gasteiger charge is -2.12. The Hall–Kier alpha value is -1.02. The van der Waals surface area contributed by atoms with Crippen molar-refractivity contribution in [3.8, 4) is 5.75 Å². The summed E-state index contributed by atoms with van der Waals surface area (Å²) in [6.07, 6.45) is 3.42. The predicted octanol–water partition coefficient (Wildman–Crippen LogP) is 2.92. The Labute approximate surface area is 90.9 Å². The van der Waals surface area contributed by atoms with Gasteiger partial charge in [0.1, 0.15) is 5.75 Å². The molecule has 1 aliphatic carbocycles. The zero-order valence-corrected chi connectivity index (χ0v) is 9.15. The van der Waals surface area contributed by atoms with Crippen LogP contribution < -0.4 is 4.74 Å². The van der Waals surface area contributed by atoms with Gasteiger partial charge in [0.15, 0.2) is 0 Å². The summed E-state index contributed by atoms with van der Waals surface area (Å²) in [5.74, 6) is 1.72. The van der Waals surface area contributed by atoms with Gasteiger partial charge in [-0.3, -0.25) is 0 Å². The van der Waals surface area contributed by atoms with Gasteiger partial charge in [0.25, 0.3) is 0 Å². The lowest BCUT2D eigenvalue weighted by atomic mass is 10.1. The second-order valence-corrected chi connectivity index (χ2v) is 4.29. The molecular formula is C13H18O2. The predicted molar refractivity (Wildman–Crippen MR) is 59.9 cm³/mol. The minimum absolute atomic E-state index is 0.456. The summed E-state index contributed by atoms with van der Waals surface area (Å²) in [7, 11) is 0. The quantitative estimate of drug-likeness (QED) is 0.802. The molecule has 15 heavy (non-hydrogen) atoms. The molecule has 1 fully saturated rings. The van der Waals surface area contributed by atoms with Crippen LogP contribution in [0.4, 0.5) is 0 Å². The monoisotopic (exact) mass is 206 g/mol. The van der Waals surface area contributed by atoms with Gasteiger partial charge < -0.3 is 9.84 Å². The number of benzene rings is 1. The van der Waals surface area contributed by atoms with E-state index in [4.69, 9.17) is 4.74 Å². The summed E-state index contributed by atoms with van der Waals surface area (Å²) < 4.78 is 5.69. The molecule has 1 aliphatic rings. The zero-order valence-electron chi connectivity index (χ0n) is 9.15. The molecule has 2 nitrogen and oxygen atoms in total. The molecule has 2 heteroatoms. The fourth-order valence-corrected chi connectivity index (χ4v) is 1.70. The molecule has 1 N–H and O–H groups in total. The first kappa shape index (κ1) is 10.5. The molecule has 0 aromatic heterocycles. The van der Waals surface area contributed by atoms with Crippen molar-refractivity contribution < 1.29 is 9.84 Å². The maximum absolute atomic E-state index is 9.55. The molecule has 0 amide bonds. The minimum Gasteiger partial charge on any atom is -0.493 e. The van der Waals surface area contributed by atoms with E-state index in [0.717, 1.165) is 30.3 Å². The van der Waals surface area contributed by atoms with Crippen molar-refractivity contribution >= 4 is 0 Å². The molecule has 0 bridgehead atoms. The maximum atomic E-state index is 9.55. The molecular weight excluding hydrogens is 188 g/mol. The van der Waals surface area contributed by atoms with E-state index in [2.05, 4.69) is 0 Å². The van der Waals surface area contributed by atoms with E-state index >= 15 is 0 Å². The van der Waals surface area contributed by atoms with Crippen LogP contribution in [0.15, 0.2) is 24.3 Å². The van der Waals surface area contributed by atoms with Gasteiger partial charge in [-0.1, -0.05) is 31.0 Å². The topological polar surface area (TPSA) is 29.5 Å². The van der Waals surface area contributed by atoms with Gasteiger partial charge in [0.05, 0.1) is 12.7 Å². The Balaban J connectivity index is 1.92. The van der Waals surface area contributed by atoms with Crippen molar-refractivity contribution in [1.29, 1.82) is 0 Å². The molecule has 1 saturated carbocycles. The van der Waals surface area contributed by atoms with Gasteiger partial charge in [0.2, 0.25) is 0 Å². The fraction of sp³-hybridized carbons (Fsp3) is 0.538. The van der Waals surface area contributed by atoms with Gasteiger partial charge in [-0.15, -0.1) is 0 Å². The standard InChI is InChI=1S/C13H18O2/c1-10(14)12-4-2-3-5-13(12)15-9-8-11-6-7-11/h2-5,10-11,14H,6-9H2,1H3/t10-/m0/s1. The van der Waals surface area contributed by atoms with Crippen molar-refractivity contribution in [2.75, 3.05) is 6.61 Å². The molecule has 2 rings (SSSR count). The van der Waals surface area contributed by atoms with Crippen LogP contribution in [-0.2, 0) is 0 Å². The molecule has 1 aromatic rings. The summed E-state index contributed by atoms with van der Waals surface area (Å²) in [5, 5.41) is 9.55. The minimum atomic E-state index is -0.456. The Morgan fingerprint density at radius 3 is 2.80 bits per heavy atom. The first-order chi connectivity index (χ1) is 7.27. The maximum Gasteiger partial charge on any atom is 0.125 e. The molecule has 0 unspecified atom stereocenters. The van der Waals surface area contributed by atoms with E-state index in [1.807, 2.05) is 24.3 Å². The second-order valence-electron chi connectivity index (χ2n) is 4.29. The Morgan fingerprint density at radius 1 is 1.40 bits per heavy atom. The Kier molecular flexibility index (Phi) is 3.27. The summed E-state index contributed by atoms with van der Waals surface area (Å²) >= 11 is 0. The number of hydrogen-bond acceptors (Lipinski definition) is 2. The average Bonchev–Trinajstić information content (AvgIpc) is 3.02. The molecule has 0 heterocycles. The fourth-order valence-electron chi connectivity index (χ4n) is 1.70. The van der Waals surface area contributed by atoms with Gasteiger partial charge in [-0.25, -0.2) is 0 Å². The second kappa shape index (κ2) is 4.67. The summed E-state index contributed by atoms with van der Waals surface area (Å²) in [5.41, 5.74) is 0.883. The highest BCUT2D eigenvalue weighted by Gasteiger charge is 2.20. The van der Waals surface area contributed by atoms with E-state index in [-0.39, 0.29) is 0 Å². The van der Waals surface area contributed by atoms with Gasteiger partial charge in [0, 0.05) is 5.56 Å². The van der Waals surface area contributed by atoms with Gasteiger partial charge in [-0.2, -0.15) is 0 Å². The van der Waals surface area contributed by atoms with Crippen LogP contribution in [0.2, 0.25) is 0 Å². The van der Waals surface area contributed by atoms with Crippen LogP contribution in [0.5, 0.6) is 5.75 Å². The third-order valence-electron chi connectivity index (χ3n) is 2.85. The number of hydrogen-bond donors (Lipinski definition) is 1. The van der Waals surface area contributed by atoms with E-state index in [1.165, 1.54) is 12.8 Å². The first-order valence-electron chi connectivity index (χ1n) is 5.67. The van der Waals surface area contributed by atoms with Crippen molar-refractivity contribution in [1.82, 2.24) is 0 Å². The number of rotatable bonds is 5. The molecule has 0 spiro atoms. The Bertz CT molecular complexity index is 316. The van der Waals surface area contributed by atoms with E-state index in [9.17, 15) is 5.11 Å². The average molecular weight is 206 g/mol. The first-order valence-corrected chi connectivity index (χ1v) is 5.67. The van der Waals surface area contributed by atoms with Crippen LogP contribution in [0.1, 0.15) is 37.9 Å². The van der Waals surface area contributed by atoms with Crippen molar-refractivity contribution in [3.05, 3.63) is 29.8 Å². The van der Waals surface area contributed by atoms with Gasteiger partial charge in [-0.05, 0) is 25.3 Å². The lowest BCUT2D eigenvalue weighted by molar-refractivity contribution is 0.190. The summed E-state index contributed by atoms with van der Waals surface area (Å²) in [4.78, 5) is 0. The van der Waals surface area contributed by atoms with Gasteiger partial charge >= 0.3 is 0 Å².